The van der Waals surface area contributed by atoms with Gasteiger partial charge in [0.2, 0.25) is 11.8 Å². The van der Waals surface area contributed by atoms with Gasteiger partial charge in [-0.05, 0) is 49.2 Å². The summed E-state index contributed by atoms with van der Waals surface area (Å²) in [6.45, 7) is 4.08. The van der Waals surface area contributed by atoms with E-state index in [4.69, 9.17) is 4.42 Å². The predicted molar refractivity (Wildman–Crippen MR) is 107 cm³/mol. The number of hydrogen-bond acceptors (Lipinski definition) is 6. The van der Waals surface area contributed by atoms with E-state index in [-0.39, 0.29) is 35.2 Å². The normalized spacial score (nSPS) is 10.5. The Balaban J connectivity index is 1.46. The standard InChI is InChI=1S/C20H20N4O3S/c1-13-8-14(2)10-16(9-13)22-17(25)12-28-20-24-23-18(27-20)11-21-19(26)15-6-4-3-5-7-15/h3-10H,11-12H2,1-2H3,(H,21,26)(H,22,25). The SMILES string of the molecule is Cc1cc(C)cc(NC(=O)CSc2nnc(CNC(=O)c3ccccc3)o2)c1. The molecule has 1 heterocycles. The number of aryl methyl sites for hydroxylation is 2. The van der Waals surface area contributed by atoms with Gasteiger partial charge in [-0.2, -0.15) is 0 Å². The van der Waals surface area contributed by atoms with Gasteiger partial charge in [0, 0.05) is 11.3 Å². The lowest BCUT2D eigenvalue weighted by Gasteiger charge is -2.06. The van der Waals surface area contributed by atoms with Gasteiger partial charge in [-0.15, -0.1) is 10.2 Å². The Morgan fingerprint density at radius 3 is 2.46 bits per heavy atom. The Kier molecular flexibility index (Phi) is 6.44. The third kappa shape index (κ3) is 5.68. The van der Waals surface area contributed by atoms with E-state index in [2.05, 4.69) is 20.8 Å². The fourth-order valence-corrected chi connectivity index (χ4v) is 3.17. The van der Waals surface area contributed by atoms with Crippen LogP contribution in [0.4, 0.5) is 5.69 Å². The van der Waals surface area contributed by atoms with Crippen LogP contribution in [0.15, 0.2) is 58.2 Å². The minimum absolute atomic E-state index is 0.121. The summed E-state index contributed by atoms with van der Waals surface area (Å²) < 4.78 is 5.45. The van der Waals surface area contributed by atoms with E-state index in [1.54, 1.807) is 24.3 Å². The van der Waals surface area contributed by atoms with Crippen molar-refractivity contribution < 1.29 is 14.0 Å². The van der Waals surface area contributed by atoms with E-state index in [0.717, 1.165) is 28.6 Å². The summed E-state index contributed by atoms with van der Waals surface area (Å²) in [4.78, 5) is 24.1. The predicted octanol–water partition coefficient (Wildman–Crippen LogP) is 3.35. The molecule has 0 atom stereocenters. The maximum absolute atomic E-state index is 12.1. The molecular weight excluding hydrogens is 376 g/mol. The molecule has 0 spiro atoms. The number of anilines is 1. The molecule has 2 amide bonds. The van der Waals surface area contributed by atoms with Crippen molar-refractivity contribution in [1.82, 2.24) is 15.5 Å². The second kappa shape index (κ2) is 9.18. The van der Waals surface area contributed by atoms with Gasteiger partial charge in [-0.25, -0.2) is 0 Å². The second-order valence-electron chi connectivity index (χ2n) is 6.22. The van der Waals surface area contributed by atoms with E-state index < -0.39 is 0 Å². The fourth-order valence-electron chi connectivity index (χ4n) is 2.59. The van der Waals surface area contributed by atoms with Crippen LogP contribution in [0.2, 0.25) is 0 Å². The molecule has 3 aromatic rings. The number of nitrogens with zero attached hydrogens (tertiary/aromatic N) is 2. The van der Waals surface area contributed by atoms with Gasteiger partial charge in [-0.3, -0.25) is 9.59 Å². The summed E-state index contributed by atoms with van der Waals surface area (Å²) in [7, 11) is 0. The highest BCUT2D eigenvalue weighted by molar-refractivity contribution is 7.99. The quantitative estimate of drug-likeness (QED) is 0.595. The Morgan fingerprint density at radius 2 is 1.75 bits per heavy atom. The van der Waals surface area contributed by atoms with Crippen LogP contribution in [-0.2, 0) is 11.3 Å². The largest absolute Gasteiger partial charge is 0.414 e. The van der Waals surface area contributed by atoms with Crippen LogP contribution >= 0.6 is 11.8 Å². The molecule has 2 aromatic carbocycles. The van der Waals surface area contributed by atoms with Crippen molar-refractivity contribution >= 4 is 29.3 Å². The first kappa shape index (κ1) is 19.6. The summed E-state index contributed by atoms with van der Waals surface area (Å²) in [6.07, 6.45) is 0. The van der Waals surface area contributed by atoms with Gasteiger partial charge < -0.3 is 15.1 Å². The summed E-state index contributed by atoms with van der Waals surface area (Å²) in [6, 6.07) is 14.7. The molecule has 0 bridgehead atoms. The van der Waals surface area contributed by atoms with Crippen molar-refractivity contribution in [3.8, 4) is 0 Å². The highest BCUT2D eigenvalue weighted by Crippen LogP contribution is 2.18. The smallest absolute Gasteiger partial charge is 0.277 e. The molecule has 0 radical (unpaired) electrons. The van der Waals surface area contributed by atoms with Crippen LogP contribution < -0.4 is 10.6 Å². The average molecular weight is 396 g/mol. The number of nitrogens with one attached hydrogen (secondary N) is 2. The van der Waals surface area contributed by atoms with Crippen molar-refractivity contribution in [3.63, 3.8) is 0 Å². The average Bonchev–Trinajstić information content (AvgIpc) is 3.12. The van der Waals surface area contributed by atoms with Crippen LogP contribution in [0, 0.1) is 13.8 Å². The number of benzene rings is 2. The van der Waals surface area contributed by atoms with Crippen molar-refractivity contribution in [2.45, 2.75) is 25.6 Å². The number of aromatic nitrogens is 2. The molecule has 0 saturated heterocycles. The van der Waals surface area contributed by atoms with Crippen LogP contribution in [0.1, 0.15) is 27.4 Å². The molecule has 0 aliphatic rings. The fraction of sp³-hybridized carbons (Fsp3) is 0.200. The maximum atomic E-state index is 12.1. The zero-order valence-electron chi connectivity index (χ0n) is 15.6. The van der Waals surface area contributed by atoms with Crippen LogP contribution in [-0.4, -0.2) is 27.8 Å². The molecule has 0 aliphatic carbocycles. The molecule has 144 valence electrons. The van der Waals surface area contributed by atoms with Crippen molar-refractivity contribution in [2.75, 3.05) is 11.1 Å². The zero-order chi connectivity index (χ0) is 19.9. The Morgan fingerprint density at radius 1 is 1.04 bits per heavy atom. The van der Waals surface area contributed by atoms with Gasteiger partial charge >= 0.3 is 0 Å². The van der Waals surface area contributed by atoms with Gasteiger partial charge in [0.25, 0.3) is 11.1 Å². The third-order valence-corrected chi connectivity index (χ3v) is 4.54. The first-order valence-electron chi connectivity index (χ1n) is 8.66. The lowest BCUT2D eigenvalue weighted by atomic mass is 10.1. The molecule has 0 saturated carbocycles. The molecular formula is C20H20N4O3S. The van der Waals surface area contributed by atoms with Crippen LogP contribution in [0.3, 0.4) is 0 Å². The first-order chi connectivity index (χ1) is 13.5. The Labute approximate surface area is 166 Å². The van der Waals surface area contributed by atoms with Crippen molar-refractivity contribution in [2.24, 2.45) is 0 Å². The molecule has 0 aliphatic heterocycles. The highest BCUT2D eigenvalue weighted by Gasteiger charge is 2.12. The Bertz CT molecular complexity index is 952. The van der Waals surface area contributed by atoms with E-state index in [1.807, 2.05) is 38.1 Å². The number of amides is 2. The zero-order valence-corrected chi connectivity index (χ0v) is 16.4. The van der Waals surface area contributed by atoms with E-state index in [0.29, 0.717) is 5.56 Å². The number of carbonyl (C=O) groups is 2. The molecule has 1 aromatic heterocycles. The maximum Gasteiger partial charge on any atom is 0.277 e. The molecule has 28 heavy (non-hydrogen) atoms. The molecule has 8 heteroatoms. The third-order valence-electron chi connectivity index (χ3n) is 3.72. The molecule has 0 unspecified atom stereocenters. The minimum atomic E-state index is -0.221. The molecule has 2 N–H and O–H groups in total. The van der Waals surface area contributed by atoms with Gasteiger partial charge in [0.15, 0.2) is 0 Å². The van der Waals surface area contributed by atoms with Crippen molar-refractivity contribution in [3.05, 3.63) is 71.1 Å². The van der Waals surface area contributed by atoms with Gasteiger partial charge in [-0.1, -0.05) is 36.0 Å². The number of carbonyl (C=O) groups excluding carboxylic acids is 2. The molecule has 0 fully saturated rings. The van der Waals surface area contributed by atoms with E-state index >= 15 is 0 Å². The van der Waals surface area contributed by atoms with E-state index in [9.17, 15) is 9.59 Å². The number of rotatable bonds is 7. The molecule has 7 nitrogen and oxygen atoms in total. The van der Waals surface area contributed by atoms with Crippen molar-refractivity contribution in [1.29, 1.82) is 0 Å². The summed E-state index contributed by atoms with van der Waals surface area (Å²) in [5, 5.41) is 13.6. The lowest BCUT2D eigenvalue weighted by molar-refractivity contribution is -0.113. The van der Waals surface area contributed by atoms with Crippen LogP contribution in [0.25, 0.3) is 0 Å². The molecule has 3 rings (SSSR count). The number of thioether (sulfide) groups is 1. The summed E-state index contributed by atoms with van der Waals surface area (Å²) in [5.41, 5.74) is 3.49. The summed E-state index contributed by atoms with van der Waals surface area (Å²) in [5.74, 6) is 0.0415. The second-order valence-corrected chi connectivity index (χ2v) is 7.15. The summed E-state index contributed by atoms with van der Waals surface area (Å²) >= 11 is 1.14. The lowest BCUT2D eigenvalue weighted by Crippen LogP contribution is -2.22. The van der Waals surface area contributed by atoms with Gasteiger partial charge in [0.05, 0.1) is 12.3 Å². The number of hydrogen-bond donors (Lipinski definition) is 2. The highest BCUT2D eigenvalue weighted by atomic mass is 32.2. The topological polar surface area (TPSA) is 97.1 Å². The monoisotopic (exact) mass is 396 g/mol. The minimum Gasteiger partial charge on any atom is -0.414 e. The van der Waals surface area contributed by atoms with Crippen LogP contribution in [0.5, 0.6) is 0 Å². The first-order valence-corrected chi connectivity index (χ1v) is 9.65. The van der Waals surface area contributed by atoms with Gasteiger partial charge in [0.1, 0.15) is 0 Å². The Hall–Kier alpha value is -3.13. The van der Waals surface area contributed by atoms with E-state index in [1.165, 1.54) is 0 Å².